The van der Waals surface area contributed by atoms with Crippen LogP contribution in [0.3, 0.4) is 0 Å². The minimum Gasteiger partial charge on any atom is -0.508 e. The normalized spacial score (nSPS) is 17.7. The predicted octanol–water partition coefficient (Wildman–Crippen LogP) is 2.86. The first-order valence-corrected chi connectivity index (χ1v) is 10.3. The van der Waals surface area contributed by atoms with E-state index in [4.69, 9.17) is 0 Å². The lowest BCUT2D eigenvalue weighted by Crippen LogP contribution is -2.56. The standard InChI is InChI=1S/C23H24N4O3/c28-16-6-7-19-18(14-16)17-8-11-24-23(20(17)25-19)9-12-27(13-10-23)22(30)26-21(29)15-4-2-1-3-5-15/h1-7,14,24-25,28H,8-13H2,(H,26,29,30). The number of carbonyl (C=O) groups is 2. The van der Waals surface area contributed by atoms with Gasteiger partial charge in [0.25, 0.3) is 5.91 Å². The lowest BCUT2D eigenvalue weighted by molar-refractivity contribution is 0.0933. The number of nitrogens with one attached hydrogen (secondary N) is 3. The third-order valence-corrected chi connectivity index (χ3v) is 6.37. The van der Waals surface area contributed by atoms with Gasteiger partial charge in [0.1, 0.15) is 5.75 Å². The minimum absolute atomic E-state index is 0.220. The Labute approximate surface area is 174 Å². The molecule has 0 aliphatic carbocycles. The smallest absolute Gasteiger partial charge is 0.324 e. The number of rotatable bonds is 1. The van der Waals surface area contributed by atoms with Crippen molar-refractivity contribution in [2.24, 2.45) is 0 Å². The van der Waals surface area contributed by atoms with Gasteiger partial charge in [0, 0.05) is 41.8 Å². The van der Waals surface area contributed by atoms with E-state index in [9.17, 15) is 14.7 Å². The van der Waals surface area contributed by atoms with Gasteiger partial charge in [-0.3, -0.25) is 10.1 Å². The fourth-order valence-electron chi connectivity index (χ4n) is 4.78. The van der Waals surface area contributed by atoms with Crippen molar-refractivity contribution >= 4 is 22.8 Å². The zero-order valence-electron chi connectivity index (χ0n) is 16.6. The number of aromatic nitrogens is 1. The summed E-state index contributed by atoms with van der Waals surface area (Å²) in [5.41, 5.74) is 3.68. The number of phenols is 1. The van der Waals surface area contributed by atoms with Gasteiger partial charge < -0.3 is 20.3 Å². The van der Waals surface area contributed by atoms with Gasteiger partial charge in [0.15, 0.2) is 0 Å². The highest BCUT2D eigenvalue weighted by Gasteiger charge is 2.42. The topological polar surface area (TPSA) is 97.5 Å². The van der Waals surface area contributed by atoms with Gasteiger partial charge in [-0.1, -0.05) is 18.2 Å². The largest absolute Gasteiger partial charge is 0.508 e. The second-order valence-corrected chi connectivity index (χ2v) is 8.08. The lowest BCUT2D eigenvalue weighted by atomic mass is 9.79. The maximum Gasteiger partial charge on any atom is 0.324 e. The number of amides is 3. The number of benzene rings is 2. The number of fused-ring (bicyclic) bond motifs is 4. The molecule has 7 nitrogen and oxygen atoms in total. The van der Waals surface area contributed by atoms with Crippen LogP contribution in [0, 0.1) is 0 Å². The van der Waals surface area contributed by atoms with E-state index in [-0.39, 0.29) is 23.2 Å². The highest BCUT2D eigenvalue weighted by atomic mass is 16.3. The van der Waals surface area contributed by atoms with E-state index in [1.165, 1.54) is 5.56 Å². The van der Waals surface area contributed by atoms with Gasteiger partial charge in [-0.15, -0.1) is 0 Å². The van der Waals surface area contributed by atoms with Gasteiger partial charge in [-0.25, -0.2) is 4.79 Å². The Morgan fingerprint density at radius 2 is 1.83 bits per heavy atom. The second-order valence-electron chi connectivity index (χ2n) is 8.08. The van der Waals surface area contributed by atoms with Gasteiger partial charge in [0.05, 0.1) is 5.54 Å². The fourth-order valence-corrected chi connectivity index (χ4v) is 4.78. The molecule has 0 saturated carbocycles. The van der Waals surface area contributed by atoms with Crippen molar-refractivity contribution in [1.82, 2.24) is 20.5 Å². The molecule has 3 heterocycles. The number of likely N-dealkylation sites (tertiary alicyclic amines) is 1. The van der Waals surface area contributed by atoms with Crippen LogP contribution < -0.4 is 10.6 Å². The molecule has 1 fully saturated rings. The Morgan fingerprint density at radius 1 is 1.07 bits per heavy atom. The second kappa shape index (κ2) is 7.18. The summed E-state index contributed by atoms with van der Waals surface area (Å²) in [6.07, 6.45) is 2.41. The van der Waals surface area contributed by atoms with E-state index in [2.05, 4.69) is 15.6 Å². The van der Waals surface area contributed by atoms with Crippen molar-refractivity contribution in [3.8, 4) is 5.75 Å². The van der Waals surface area contributed by atoms with Gasteiger partial charge in [-0.05, 0) is 55.2 Å². The average Bonchev–Trinajstić information content (AvgIpc) is 3.14. The SMILES string of the molecule is O=C(NC(=O)N1CCC2(CC1)NCCc1c2[nH]c2ccc(O)cc12)c1ccccc1. The predicted molar refractivity (Wildman–Crippen MR) is 113 cm³/mol. The van der Waals surface area contributed by atoms with E-state index in [0.717, 1.165) is 42.4 Å². The van der Waals surface area contributed by atoms with Crippen LogP contribution in [0.4, 0.5) is 4.79 Å². The first kappa shape index (κ1) is 18.7. The van der Waals surface area contributed by atoms with Crippen LogP contribution in [-0.4, -0.2) is 46.6 Å². The van der Waals surface area contributed by atoms with Crippen LogP contribution in [0.25, 0.3) is 10.9 Å². The number of carbonyl (C=O) groups excluding carboxylic acids is 2. The molecule has 3 amide bonds. The monoisotopic (exact) mass is 404 g/mol. The highest BCUT2D eigenvalue weighted by molar-refractivity contribution is 6.04. The van der Waals surface area contributed by atoms with E-state index in [1.54, 1.807) is 35.2 Å². The summed E-state index contributed by atoms with van der Waals surface area (Å²) < 4.78 is 0. The third-order valence-electron chi connectivity index (χ3n) is 6.37. The summed E-state index contributed by atoms with van der Waals surface area (Å²) in [6.45, 7) is 1.97. The minimum atomic E-state index is -0.380. The van der Waals surface area contributed by atoms with Crippen molar-refractivity contribution < 1.29 is 14.7 Å². The van der Waals surface area contributed by atoms with Crippen LogP contribution in [0.5, 0.6) is 5.75 Å². The van der Waals surface area contributed by atoms with Gasteiger partial charge >= 0.3 is 6.03 Å². The first-order chi connectivity index (χ1) is 14.6. The molecular formula is C23H24N4O3. The number of imide groups is 1. The molecule has 1 aromatic heterocycles. The van der Waals surface area contributed by atoms with E-state index in [0.29, 0.717) is 18.7 Å². The Balaban J connectivity index is 1.32. The quantitative estimate of drug-likeness (QED) is 0.501. The van der Waals surface area contributed by atoms with Crippen molar-refractivity contribution in [2.45, 2.75) is 24.8 Å². The summed E-state index contributed by atoms with van der Waals surface area (Å²) in [5, 5.41) is 17.1. The molecule has 5 rings (SSSR count). The van der Waals surface area contributed by atoms with Crippen molar-refractivity contribution in [2.75, 3.05) is 19.6 Å². The zero-order chi connectivity index (χ0) is 20.7. The van der Waals surface area contributed by atoms with Crippen molar-refractivity contribution in [3.63, 3.8) is 0 Å². The van der Waals surface area contributed by atoms with Crippen LogP contribution in [0.15, 0.2) is 48.5 Å². The van der Waals surface area contributed by atoms with Gasteiger partial charge in [-0.2, -0.15) is 0 Å². The Bertz CT molecular complexity index is 1110. The molecule has 1 saturated heterocycles. The highest BCUT2D eigenvalue weighted by Crippen LogP contribution is 2.40. The van der Waals surface area contributed by atoms with Gasteiger partial charge in [0.2, 0.25) is 0 Å². The summed E-state index contributed by atoms with van der Waals surface area (Å²) in [5.74, 6) is -0.110. The Hall–Kier alpha value is -3.32. The molecule has 1 spiro atoms. The molecule has 30 heavy (non-hydrogen) atoms. The van der Waals surface area contributed by atoms with Crippen molar-refractivity contribution in [1.29, 1.82) is 0 Å². The Morgan fingerprint density at radius 3 is 2.60 bits per heavy atom. The number of hydrogen-bond acceptors (Lipinski definition) is 4. The number of aromatic hydroxyl groups is 1. The molecular weight excluding hydrogens is 380 g/mol. The maximum atomic E-state index is 12.6. The molecule has 0 atom stereocenters. The summed E-state index contributed by atoms with van der Waals surface area (Å²) in [6, 6.07) is 13.8. The average molecular weight is 404 g/mol. The molecule has 2 aliphatic heterocycles. The number of urea groups is 1. The number of nitrogens with zero attached hydrogens (tertiary/aromatic N) is 1. The van der Waals surface area contributed by atoms with E-state index in [1.807, 2.05) is 18.2 Å². The first-order valence-electron chi connectivity index (χ1n) is 10.3. The molecule has 0 unspecified atom stereocenters. The third kappa shape index (κ3) is 3.11. The van der Waals surface area contributed by atoms with E-state index >= 15 is 0 Å². The summed E-state index contributed by atoms with van der Waals surface area (Å²) in [4.78, 5) is 30.2. The fraction of sp³-hybridized carbons (Fsp3) is 0.304. The molecule has 154 valence electrons. The maximum absolute atomic E-state index is 12.6. The summed E-state index contributed by atoms with van der Waals surface area (Å²) in [7, 11) is 0. The van der Waals surface area contributed by atoms with Crippen LogP contribution >= 0.6 is 0 Å². The molecule has 3 aromatic rings. The molecule has 0 radical (unpaired) electrons. The number of H-pyrrole nitrogens is 1. The molecule has 0 bridgehead atoms. The number of phenolic OH excluding ortho intramolecular Hbond substituents is 1. The van der Waals surface area contributed by atoms with E-state index < -0.39 is 0 Å². The number of piperidine rings is 1. The van der Waals surface area contributed by atoms with Crippen molar-refractivity contribution in [3.05, 3.63) is 65.4 Å². The molecule has 7 heteroatoms. The van der Waals surface area contributed by atoms with Crippen LogP contribution in [-0.2, 0) is 12.0 Å². The molecule has 2 aliphatic rings. The van der Waals surface area contributed by atoms with Crippen LogP contribution in [0.1, 0.15) is 34.5 Å². The zero-order valence-corrected chi connectivity index (χ0v) is 16.6. The van der Waals surface area contributed by atoms with Crippen LogP contribution in [0.2, 0.25) is 0 Å². The number of aromatic amines is 1. The molecule has 2 aromatic carbocycles. The lowest BCUT2D eigenvalue weighted by Gasteiger charge is -2.44. The Kier molecular flexibility index (Phi) is 4.47. The number of hydrogen-bond donors (Lipinski definition) is 4. The summed E-state index contributed by atoms with van der Waals surface area (Å²) >= 11 is 0. The molecule has 4 N–H and O–H groups in total.